The van der Waals surface area contributed by atoms with E-state index in [0.29, 0.717) is 0 Å². The minimum Gasteiger partial charge on any atom is -0.454 e. The lowest BCUT2D eigenvalue weighted by Crippen LogP contribution is -2.10. The summed E-state index contributed by atoms with van der Waals surface area (Å²) in [5.74, 6) is 0.873. The number of furan rings is 1. The van der Waals surface area contributed by atoms with Crippen molar-refractivity contribution >= 4 is 27.3 Å². The summed E-state index contributed by atoms with van der Waals surface area (Å²) in [5, 5.41) is 2.03. The third-order valence-corrected chi connectivity index (χ3v) is 3.46. The van der Waals surface area contributed by atoms with Gasteiger partial charge in [-0.15, -0.1) is 11.3 Å². The molecule has 0 aliphatic carbocycles. The van der Waals surface area contributed by atoms with E-state index in [-0.39, 0.29) is 6.04 Å². The maximum absolute atomic E-state index is 6.10. The monoisotopic (exact) mass is 271 g/mol. The highest BCUT2D eigenvalue weighted by Crippen LogP contribution is 2.29. The van der Waals surface area contributed by atoms with Gasteiger partial charge in [-0.2, -0.15) is 0 Å². The molecule has 0 amide bonds. The van der Waals surface area contributed by atoms with E-state index in [4.69, 9.17) is 10.2 Å². The minimum atomic E-state index is -0.0787. The molecule has 0 fully saturated rings. The molecule has 0 aliphatic heterocycles. The number of hydrogen-bond acceptors (Lipinski definition) is 3. The van der Waals surface area contributed by atoms with Gasteiger partial charge in [-0.05, 0) is 40.4 Å². The van der Waals surface area contributed by atoms with E-state index in [2.05, 4.69) is 15.9 Å². The molecule has 14 heavy (non-hydrogen) atoms. The Morgan fingerprint density at radius 1 is 1.57 bits per heavy atom. The number of hydrogen-bond donors (Lipinski definition) is 1. The van der Waals surface area contributed by atoms with E-state index in [9.17, 15) is 0 Å². The van der Waals surface area contributed by atoms with Crippen LogP contribution in [0.1, 0.15) is 22.2 Å². The second-order valence-corrected chi connectivity index (χ2v) is 4.82. The Kier molecular flexibility index (Phi) is 2.76. The fraction of sp³-hybridized carbons (Fsp3) is 0.200. The highest BCUT2D eigenvalue weighted by molar-refractivity contribution is 9.10. The van der Waals surface area contributed by atoms with Crippen LogP contribution in [0.5, 0.6) is 0 Å². The van der Waals surface area contributed by atoms with Crippen molar-refractivity contribution in [1.29, 1.82) is 0 Å². The van der Waals surface area contributed by atoms with Crippen molar-refractivity contribution in [3.8, 4) is 0 Å². The molecule has 0 radical (unpaired) electrons. The number of rotatable bonds is 2. The van der Waals surface area contributed by atoms with Gasteiger partial charge < -0.3 is 10.2 Å². The van der Waals surface area contributed by atoms with Crippen LogP contribution in [0, 0.1) is 6.92 Å². The Balaban J connectivity index is 2.36. The average molecular weight is 272 g/mol. The van der Waals surface area contributed by atoms with Gasteiger partial charge in [0.25, 0.3) is 0 Å². The molecule has 2 heterocycles. The molecule has 74 valence electrons. The number of nitrogens with two attached hydrogens (primary N) is 1. The molecule has 2 rings (SSSR count). The molecular weight excluding hydrogens is 262 g/mol. The van der Waals surface area contributed by atoms with Crippen molar-refractivity contribution in [3.63, 3.8) is 0 Å². The van der Waals surface area contributed by atoms with Gasteiger partial charge in [0.05, 0.1) is 6.04 Å². The highest BCUT2D eigenvalue weighted by Gasteiger charge is 2.15. The summed E-state index contributed by atoms with van der Waals surface area (Å²) in [6.07, 6.45) is 0. The van der Waals surface area contributed by atoms with Crippen LogP contribution < -0.4 is 5.73 Å². The van der Waals surface area contributed by atoms with Gasteiger partial charge in [-0.1, -0.05) is 6.07 Å². The first-order valence-electron chi connectivity index (χ1n) is 4.23. The van der Waals surface area contributed by atoms with Crippen molar-refractivity contribution in [1.82, 2.24) is 0 Å². The quantitative estimate of drug-likeness (QED) is 0.909. The van der Waals surface area contributed by atoms with Crippen molar-refractivity contribution in [3.05, 3.63) is 44.4 Å². The standard InChI is InChI=1S/C10H10BrNOS/c1-6-7(5-9(11)13-6)10(12)8-3-2-4-14-8/h2-5,10H,12H2,1H3. The summed E-state index contributed by atoms with van der Waals surface area (Å²) in [7, 11) is 0. The highest BCUT2D eigenvalue weighted by atomic mass is 79.9. The third-order valence-electron chi connectivity index (χ3n) is 2.11. The fourth-order valence-electron chi connectivity index (χ4n) is 1.39. The van der Waals surface area contributed by atoms with Crippen LogP contribution >= 0.6 is 27.3 Å². The molecule has 2 N–H and O–H groups in total. The van der Waals surface area contributed by atoms with Crippen LogP contribution in [-0.4, -0.2) is 0 Å². The summed E-state index contributed by atoms with van der Waals surface area (Å²) in [4.78, 5) is 1.15. The van der Waals surface area contributed by atoms with E-state index in [1.807, 2.05) is 30.5 Å². The SMILES string of the molecule is Cc1oc(Br)cc1C(N)c1cccs1. The molecule has 0 aromatic carbocycles. The van der Waals surface area contributed by atoms with Crippen LogP contribution in [-0.2, 0) is 0 Å². The Bertz CT molecular complexity index is 421. The first-order valence-corrected chi connectivity index (χ1v) is 5.90. The van der Waals surface area contributed by atoms with E-state index in [1.54, 1.807) is 11.3 Å². The molecule has 2 aromatic heterocycles. The van der Waals surface area contributed by atoms with E-state index in [0.717, 1.165) is 20.9 Å². The van der Waals surface area contributed by atoms with Gasteiger partial charge in [0.1, 0.15) is 5.76 Å². The molecule has 0 saturated heterocycles. The first-order chi connectivity index (χ1) is 6.68. The molecular formula is C10H10BrNOS. The lowest BCUT2D eigenvalue weighted by atomic mass is 10.1. The van der Waals surface area contributed by atoms with Crippen molar-refractivity contribution in [2.45, 2.75) is 13.0 Å². The van der Waals surface area contributed by atoms with Crippen molar-refractivity contribution < 1.29 is 4.42 Å². The second-order valence-electron chi connectivity index (χ2n) is 3.06. The van der Waals surface area contributed by atoms with Gasteiger partial charge in [0.15, 0.2) is 4.67 Å². The minimum absolute atomic E-state index is 0.0787. The van der Waals surface area contributed by atoms with Crippen molar-refractivity contribution in [2.24, 2.45) is 5.73 Å². The lowest BCUT2D eigenvalue weighted by molar-refractivity contribution is 0.505. The summed E-state index contributed by atoms with van der Waals surface area (Å²) in [5.41, 5.74) is 7.15. The largest absolute Gasteiger partial charge is 0.454 e. The molecule has 0 saturated carbocycles. The molecule has 2 aromatic rings. The fourth-order valence-corrected chi connectivity index (χ4v) is 2.62. The molecule has 4 heteroatoms. The molecule has 1 atom stereocenters. The topological polar surface area (TPSA) is 39.2 Å². The maximum atomic E-state index is 6.10. The van der Waals surface area contributed by atoms with E-state index in [1.165, 1.54) is 0 Å². The number of halogens is 1. The molecule has 1 unspecified atom stereocenters. The van der Waals surface area contributed by atoms with Gasteiger partial charge in [-0.25, -0.2) is 0 Å². The summed E-state index contributed by atoms with van der Waals surface area (Å²) >= 11 is 4.96. The molecule has 0 aliphatic rings. The predicted molar refractivity (Wildman–Crippen MR) is 61.5 cm³/mol. The van der Waals surface area contributed by atoms with E-state index < -0.39 is 0 Å². The van der Waals surface area contributed by atoms with Crippen molar-refractivity contribution in [2.75, 3.05) is 0 Å². The number of aryl methyl sites for hydroxylation is 1. The summed E-state index contributed by atoms with van der Waals surface area (Å²) in [6.45, 7) is 1.92. The zero-order valence-electron chi connectivity index (χ0n) is 7.66. The Morgan fingerprint density at radius 2 is 2.36 bits per heavy atom. The molecule has 2 nitrogen and oxygen atoms in total. The smallest absolute Gasteiger partial charge is 0.169 e. The van der Waals surface area contributed by atoms with Crippen LogP contribution in [0.15, 0.2) is 32.7 Å². The number of thiophene rings is 1. The maximum Gasteiger partial charge on any atom is 0.169 e. The molecule has 0 spiro atoms. The van der Waals surface area contributed by atoms with E-state index >= 15 is 0 Å². The Hall–Kier alpha value is -0.580. The normalized spacial score (nSPS) is 13.1. The van der Waals surface area contributed by atoms with Crippen LogP contribution in [0.4, 0.5) is 0 Å². The first kappa shape index (κ1) is 9.96. The lowest BCUT2D eigenvalue weighted by Gasteiger charge is -2.07. The molecule has 0 bridgehead atoms. The van der Waals surface area contributed by atoms with Gasteiger partial charge in [-0.3, -0.25) is 0 Å². The van der Waals surface area contributed by atoms with Crippen LogP contribution in [0.25, 0.3) is 0 Å². The van der Waals surface area contributed by atoms with Gasteiger partial charge in [0, 0.05) is 10.4 Å². The Morgan fingerprint density at radius 3 is 2.86 bits per heavy atom. The van der Waals surface area contributed by atoms with Crippen LogP contribution in [0.2, 0.25) is 0 Å². The average Bonchev–Trinajstić information content (AvgIpc) is 2.73. The predicted octanol–water partition coefficient (Wildman–Crippen LogP) is 3.46. The van der Waals surface area contributed by atoms with Crippen LogP contribution in [0.3, 0.4) is 0 Å². The summed E-state index contributed by atoms with van der Waals surface area (Å²) < 4.78 is 6.11. The van der Waals surface area contributed by atoms with Gasteiger partial charge in [0.2, 0.25) is 0 Å². The second kappa shape index (κ2) is 3.88. The summed E-state index contributed by atoms with van der Waals surface area (Å²) in [6, 6.07) is 5.89. The van der Waals surface area contributed by atoms with Gasteiger partial charge >= 0.3 is 0 Å². The third kappa shape index (κ3) is 1.78. The Labute approximate surface area is 94.9 Å². The zero-order valence-corrected chi connectivity index (χ0v) is 10.1. The zero-order chi connectivity index (χ0) is 10.1.